The van der Waals surface area contributed by atoms with Crippen molar-refractivity contribution in [3.63, 3.8) is 0 Å². The van der Waals surface area contributed by atoms with Crippen LogP contribution < -0.4 is 10.6 Å². The van der Waals surface area contributed by atoms with E-state index in [2.05, 4.69) is 10.6 Å². The van der Waals surface area contributed by atoms with E-state index in [-0.39, 0.29) is 24.0 Å². The van der Waals surface area contributed by atoms with Crippen molar-refractivity contribution in [2.24, 2.45) is 23.2 Å². The van der Waals surface area contributed by atoms with E-state index in [1.165, 1.54) is 19.3 Å². The number of urea groups is 1. The molecule has 6 nitrogen and oxygen atoms in total. The van der Waals surface area contributed by atoms with Gasteiger partial charge in [0.25, 0.3) is 5.91 Å². The average molecular weight is 350 g/mol. The van der Waals surface area contributed by atoms with Crippen molar-refractivity contribution in [3.05, 3.63) is 0 Å². The van der Waals surface area contributed by atoms with Crippen LogP contribution in [0.4, 0.5) is 4.79 Å². The molecule has 6 heteroatoms. The number of hydrogen-bond acceptors (Lipinski definition) is 4. The smallest absolute Gasteiger partial charge is 0.321 e. The van der Waals surface area contributed by atoms with Gasteiger partial charge in [-0.2, -0.15) is 0 Å². The lowest BCUT2D eigenvalue weighted by molar-refractivity contribution is -0.155. The standard InChI is InChI=1S/C19H30N2O4/c1-3-12(2)20-18(24)21-16(22)11-25-17(23)10-19-7-13-4-14(8-19)6-15(5-13)9-19/h12-15H,3-11H2,1-2H3,(H2,20,21,22,24)/t12-,13?,14?,15?,19?/m0/s1. The van der Waals surface area contributed by atoms with Gasteiger partial charge in [0.05, 0.1) is 6.42 Å². The summed E-state index contributed by atoms with van der Waals surface area (Å²) in [4.78, 5) is 35.6. The molecule has 4 aliphatic carbocycles. The molecule has 1 atom stereocenters. The number of imide groups is 1. The fourth-order valence-electron chi connectivity index (χ4n) is 5.53. The van der Waals surface area contributed by atoms with Crippen molar-refractivity contribution < 1.29 is 19.1 Å². The zero-order chi connectivity index (χ0) is 18.0. The Morgan fingerprint density at radius 2 is 1.64 bits per heavy atom. The van der Waals surface area contributed by atoms with Gasteiger partial charge < -0.3 is 10.1 Å². The molecule has 0 saturated heterocycles. The normalized spacial score (nSPS) is 33.6. The number of nitrogens with one attached hydrogen (secondary N) is 2. The van der Waals surface area contributed by atoms with Crippen molar-refractivity contribution in [3.8, 4) is 0 Å². The Morgan fingerprint density at radius 1 is 1.08 bits per heavy atom. The molecule has 4 bridgehead atoms. The highest BCUT2D eigenvalue weighted by atomic mass is 16.5. The minimum atomic E-state index is -0.584. The Hall–Kier alpha value is -1.59. The van der Waals surface area contributed by atoms with E-state index in [0.717, 1.165) is 43.4 Å². The first kappa shape index (κ1) is 18.2. The maximum atomic E-state index is 12.2. The van der Waals surface area contributed by atoms with Crippen LogP contribution in [0.15, 0.2) is 0 Å². The SMILES string of the molecule is CC[C@H](C)NC(=O)NC(=O)COC(=O)CC12CC3CC(CC(C3)C1)C2. The largest absolute Gasteiger partial charge is 0.456 e. The van der Waals surface area contributed by atoms with Gasteiger partial charge in [0.15, 0.2) is 6.61 Å². The lowest BCUT2D eigenvalue weighted by Gasteiger charge is -2.56. The van der Waals surface area contributed by atoms with E-state index in [1.807, 2.05) is 13.8 Å². The highest BCUT2D eigenvalue weighted by Gasteiger charge is 2.51. The first-order chi connectivity index (χ1) is 11.9. The molecular weight excluding hydrogens is 320 g/mol. The average Bonchev–Trinajstić information content (AvgIpc) is 2.50. The quantitative estimate of drug-likeness (QED) is 0.722. The maximum absolute atomic E-state index is 12.2. The summed E-state index contributed by atoms with van der Waals surface area (Å²) in [6.07, 6.45) is 8.61. The van der Waals surface area contributed by atoms with Gasteiger partial charge in [0, 0.05) is 6.04 Å². The van der Waals surface area contributed by atoms with E-state index >= 15 is 0 Å². The molecule has 0 spiro atoms. The lowest BCUT2D eigenvalue weighted by atomic mass is 9.49. The molecule has 0 unspecified atom stereocenters. The Balaban J connectivity index is 1.41. The first-order valence-corrected chi connectivity index (χ1v) is 9.63. The molecule has 0 aromatic heterocycles. The maximum Gasteiger partial charge on any atom is 0.321 e. The Labute approximate surface area is 149 Å². The summed E-state index contributed by atoms with van der Waals surface area (Å²) in [5.74, 6) is 1.46. The third kappa shape index (κ3) is 4.53. The van der Waals surface area contributed by atoms with Crippen LogP contribution in [-0.2, 0) is 14.3 Å². The molecular formula is C19H30N2O4. The van der Waals surface area contributed by atoms with Gasteiger partial charge in [0.1, 0.15) is 0 Å². The summed E-state index contributed by atoms with van der Waals surface area (Å²) in [6.45, 7) is 3.41. The first-order valence-electron chi connectivity index (χ1n) is 9.63. The molecule has 0 heterocycles. The number of hydrogen-bond donors (Lipinski definition) is 2. The fourth-order valence-corrected chi connectivity index (χ4v) is 5.53. The van der Waals surface area contributed by atoms with Crippen LogP contribution >= 0.6 is 0 Å². The molecule has 0 aliphatic heterocycles. The number of carbonyl (C=O) groups excluding carboxylic acids is 3. The predicted molar refractivity (Wildman–Crippen MR) is 92.6 cm³/mol. The van der Waals surface area contributed by atoms with E-state index in [9.17, 15) is 14.4 Å². The van der Waals surface area contributed by atoms with Crippen molar-refractivity contribution in [1.82, 2.24) is 10.6 Å². The number of rotatable bonds is 6. The van der Waals surface area contributed by atoms with E-state index in [0.29, 0.717) is 6.42 Å². The van der Waals surface area contributed by atoms with Crippen molar-refractivity contribution in [2.45, 2.75) is 71.3 Å². The van der Waals surface area contributed by atoms with E-state index in [4.69, 9.17) is 4.74 Å². The number of amides is 3. The van der Waals surface area contributed by atoms with Crippen molar-refractivity contribution in [2.75, 3.05) is 6.61 Å². The van der Waals surface area contributed by atoms with Gasteiger partial charge >= 0.3 is 12.0 Å². The molecule has 4 fully saturated rings. The van der Waals surface area contributed by atoms with Crippen LogP contribution in [0.25, 0.3) is 0 Å². The van der Waals surface area contributed by atoms with Crippen LogP contribution in [0, 0.1) is 23.2 Å². The van der Waals surface area contributed by atoms with Crippen LogP contribution in [0.5, 0.6) is 0 Å². The van der Waals surface area contributed by atoms with Gasteiger partial charge in [-0.1, -0.05) is 6.92 Å². The minimum Gasteiger partial charge on any atom is -0.456 e. The van der Waals surface area contributed by atoms with Crippen LogP contribution in [0.1, 0.15) is 65.2 Å². The minimum absolute atomic E-state index is 0.00793. The molecule has 3 amide bonds. The Kier molecular flexibility index (Phi) is 5.35. The highest BCUT2D eigenvalue weighted by molar-refractivity contribution is 5.95. The van der Waals surface area contributed by atoms with Gasteiger partial charge in [-0.3, -0.25) is 14.9 Å². The Morgan fingerprint density at radius 3 is 2.16 bits per heavy atom. The second-order valence-electron chi connectivity index (χ2n) is 8.59. The van der Waals surface area contributed by atoms with Crippen LogP contribution in [0.2, 0.25) is 0 Å². The summed E-state index contributed by atoms with van der Waals surface area (Å²) in [6, 6.07) is -0.553. The monoisotopic (exact) mass is 350 g/mol. The summed E-state index contributed by atoms with van der Waals surface area (Å²) < 4.78 is 5.14. The van der Waals surface area contributed by atoms with Gasteiger partial charge in [-0.15, -0.1) is 0 Å². The molecule has 4 saturated carbocycles. The van der Waals surface area contributed by atoms with Crippen LogP contribution in [0.3, 0.4) is 0 Å². The zero-order valence-electron chi connectivity index (χ0n) is 15.3. The van der Waals surface area contributed by atoms with Gasteiger partial charge in [-0.05, 0) is 75.0 Å². The molecule has 2 N–H and O–H groups in total. The molecule has 4 rings (SSSR count). The van der Waals surface area contributed by atoms with Crippen LogP contribution in [-0.4, -0.2) is 30.6 Å². The van der Waals surface area contributed by atoms with E-state index in [1.54, 1.807) is 0 Å². The highest BCUT2D eigenvalue weighted by Crippen LogP contribution is 2.61. The summed E-state index contributed by atoms with van der Waals surface area (Å²) in [7, 11) is 0. The molecule has 25 heavy (non-hydrogen) atoms. The van der Waals surface area contributed by atoms with Crippen molar-refractivity contribution >= 4 is 17.9 Å². The third-order valence-corrected chi connectivity index (χ3v) is 6.29. The number of ether oxygens (including phenoxy) is 1. The summed E-state index contributed by atoms with van der Waals surface area (Å²) in [5.41, 5.74) is 0.107. The predicted octanol–water partition coefficient (Wildman–Crippen LogP) is 2.76. The topological polar surface area (TPSA) is 84.5 Å². The molecule has 4 aliphatic rings. The van der Waals surface area contributed by atoms with Crippen molar-refractivity contribution in [1.29, 1.82) is 0 Å². The number of esters is 1. The summed E-state index contributed by atoms with van der Waals surface area (Å²) in [5, 5.41) is 4.83. The third-order valence-electron chi connectivity index (χ3n) is 6.29. The summed E-state index contributed by atoms with van der Waals surface area (Å²) >= 11 is 0. The fraction of sp³-hybridized carbons (Fsp3) is 0.842. The van der Waals surface area contributed by atoms with Gasteiger partial charge in [-0.25, -0.2) is 4.79 Å². The number of carbonyl (C=O) groups is 3. The Bertz CT molecular complexity index is 510. The van der Waals surface area contributed by atoms with Gasteiger partial charge in [0.2, 0.25) is 0 Å². The van der Waals surface area contributed by atoms with E-state index < -0.39 is 11.9 Å². The molecule has 0 radical (unpaired) electrons. The second kappa shape index (κ2) is 7.34. The second-order valence-corrected chi connectivity index (χ2v) is 8.59. The molecule has 140 valence electrons. The molecule has 0 aromatic rings. The molecule has 0 aromatic carbocycles. The zero-order valence-corrected chi connectivity index (χ0v) is 15.3. The lowest BCUT2D eigenvalue weighted by Crippen LogP contribution is -2.47.